The van der Waals surface area contributed by atoms with Gasteiger partial charge in [-0.15, -0.1) is 0 Å². The molecule has 2 rings (SSSR count). The zero-order chi connectivity index (χ0) is 13.9. The number of ether oxygens (including phenoxy) is 1. The van der Waals surface area contributed by atoms with E-state index in [9.17, 15) is 8.42 Å². The molecular formula is C12H19N3O3S. The van der Waals surface area contributed by atoms with E-state index in [1.54, 1.807) is 12.3 Å². The minimum Gasteiger partial charge on any atom is -0.377 e. The molecule has 2 N–H and O–H groups in total. The van der Waals surface area contributed by atoms with E-state index in [2.05, 4.69) is 15.0 Å². The van der Waals surface area contributed by atoms with E-state index in [0.29, 0.717) is 19.6 Å². The van der Waals surface area contributed by atoms with Crippen LogP contribution in [0.15, 0.2) is 23.4 Å². The lowest BCUT2D eigenvalue weighted by molar-refractivity contribution is 0.117. The Bertz CT molecular complexity index is 516. The average Bonchev–Trinajstić information content (AvgIpc) is 2.75. The third-order valence-corrected chi connectivity index (χ3v) is 4.54. The van der Waals surface area contributed by atoms with Gasteiger partial charge >= 0.3 is 0 Å². The van der Waals surface area contributed by atoms with Gasteiger partial charge in [-0.25, -0.2) is 18.1 Å². The predicted molar refractivity (Wildman–Crippen MR) is 71.1 cm³/mol. The Morgan fingerprint density at radius 2 is 2.26 bits per heavy atom. The molecular weight excluding hydrogens is 266 g/mol. The highest BCUT2D eigenvalue weighted by molar-refractivity contribution is 7.89. The number of rotatable bonds is 5. The second-order valence-corrected chi connectivity index (χ2v) is 6.29. The van der Waals surface area contributed by atoms with Crippen molar-refractivity contribution in [3.63, 3.8) is 0 Å². The Labute approximate surface area is 113 Å². The molecule has 1 saturated heterocycles. The van der Waals surface area contributed by atoms with Crippen molar-refractivity contribution in [3.05, 3.63) is 23.9 Å². The molecule has 2 unspecified atom stereocenters. The summed E-state index contributed by atoms with van der Waals surface area (Å²) < 4.78 is 32.3. The van der Waals surface area contributed by atoms with Crippen molar-refractivity contribution in [1.82, 2.24) is 15.0 Å². The molecule has 1 aromatic rings. The van der Waals surface area contributed by atoms with Gasteiger partial charge in [-0.05, 0) is 32.0 Å². The fraction of sp³-hybridized carbons (Fsp3) is 0.583. The van der Waals surface area contributed by atoms with Crippen LogP contribution in [0.4, 0.5) is 0 Å². The summed E-state index contributed by atoms with van der Waals surface area (Å²) in [4.78, 5) is 4.00. The third kappa shape index (κ3) is 3.50. The van der Waals surface area contributed by atoms with E-state index in [-0.39, 0.29) is 17.2 Å². The summed E-state index contributed by atoms with van der Waals surface area (Å²) in [6.07, 6.45) is 2.16. The quantitative estimate of drug-likeness (QED) is 0.811. The summed E-state index contributed by atoms with van der Waals surface area (Å²) in [7, 11) is -1.74. The number of pyridine rings is 1. The van der Waals surface area contributed by atoms with Crippen molar-refractivity contribution >= 4 is 10.0 Å². The lowest BCUT2D eigenvalue weighted by Gasteiger charge is -2.15. The van der Waals surface area contributed by atoms with E-state index in [0.717, 1.165) is 5.56 Å². The molecule has 0 aliphatic carbocycles. The summed E-state index contributed by atoms with van der Waals surface area (Å²) in [6.45, 7) is 3.11. The van der Waals surface area contributed by atoms with Crippen LogP contribution in [0.1, 0.15) is 18.9 Å². The molecule has 0 spiro atoms. The van der Waals surface area contributed by atoms with E-state index in [4.69, 9.17) is 4.74 Å². The lowest BCUT2D eigenvalue weighted by atomic mass is 10.2. The molecule has 0 amide bonds. The first-order chi connectivity index (χ1) is 9.03. The maximum Gasteiger partial charge on any atom is 0.258 e. The van der Waals surface area contributed by atoms with Crippen LogP contribution in [-0.2, 0) is 21.3 Å². The van der Waals surface area contributed by atoms with Crippen LogP contribution >= 0.6 is 0 Å². The van der Waals surface area contributed by atoms with Gasteiger partial charge in [-0.1, -0.05) is 6.07 Å². The van der Waals surface area contributed by atoms with Crippen LogP contribution in [0.3, 0.4) is 0 Å². The van der Waals surface area contributed by atoms with Gasteiger partial charge < -0.3 is 10.1 Å². The topological polar surface area (TPSA) is 80.3 Å². The highest BCUT2D eigenvalue weighted by Gasteiger charge is 2.29. The first-order valence-electron chi connectivity index (χ1n) is 6.26. The van der Waals surface area contributed by atoms with Gasteiger partial charge in [0, 0.05) is 19.3 Å². The predicted octanol–water partition coefficient (Wildman–Crippen LogP) is 0.257. The van der Waals surface area contributed by atoms with Gasteiger partial charge in [0.25, 0.3) is 10.0 Å². The van der Waals surface area contributed by atoms with Crippen LogP contribution in [0.25, 0.3) is 0 Å². The third-order valence-electron chi connectivity index (χ3n) is 3.14. The van der Waals surface area contributed by atoms with Crippen molar-refractivity contribution in [3.8, 4) is 0 Å². The number of hydrogen-bond donors (Lipinski definition) is 2. The highest BCUT2D eigenvalue weighted by Crippen LogP contribution is 2.16. The number of nitrogens with one attached hydrogen (secondary N) is 2. The Kier molecular flexibility index (Phi) is 4.51. The second kappa shape index (κ2) is 5.96. The molecule has 0 radical (unpaired) electrons. The van der Waals surface area contributed by atoms with Gasteiger partial charge in [0.05, 0.1) is 12.1 Å². The van der Waals surface area contributed by atoms with Gasteiger partial charge in [0.15, 0.2) is 5.03 Å². The molecule has 1 aliphatic heterocycles. The molecule has 1 aliphatic rings. The summed E-state index contributed by atoms with van der Waals surface area (Å²) in [6, 6.07) is 3.10. The SMILES string of the molecule is CNCc1ccc(S(=O)(=O)NC2CCOC2C)nc1. The van der Waals surface area contributed by atoms with E-state index in [1.165, 1.54) is 6.07 Å². The van der Waals surface area contributed by atoms with E-state index < -0.39 is 10.0 Å². The minimum absolute atomic E-state index is 0.0476. The zero-order valence-electron chi connectivity index (χ0n) is 11.1. The smallest absolute Gasteiger partial charge is 0.258 e. The normalized spacial score (nSPS) is 23.7. The van der Waals surface area contributed by atoms with Crippen LogP contribution in [-0.4, -0.2) is 39.2 Å². The Hall–Kier alpha value is -1.02. The van der Waals surface area contributed by atoms with Crippen molar-refractivity contribution in [1.29, 1.82) is 0 Å². The summed E-state index contributed by atoms with van der Waals surface area (Å²) in [5.41, 5.74) is 0.944. The summed E-state index contributed by atoms with van der Waals surface area (Å²) in [5, 5.41) is 3.03. The number of sulfonamides is 1. The number of aromatic nitrogens is 1. The van der Waals surface area contributed by atoms with E-state index in [1.807, 2.05) is 14.0 Å². The lowest BCUT2D eigenvalue weighted by Crippen LogP contribution is -2.39. The molecule has 0 saturated carbocycles. The van der Waals surface area contributed by atoms with E-state index >= 15 is 0 Å². The van der Waals surface area contributed by atoms with Crippen molar-refractivity contribution in [2.75, 3.05) is 13.7 Å². The van der Waals surface area contributed by atoms with Crippen LogP contribution in [0, 0.1) is 0 Å². The molecule has 7 heteroatoms. The monoisotopic (exact) mass is 285 g/mol. The summed E-state index contributed by atoms with van der Waals surface area (Å²) in [5.74, 6) is 0. The molecule has 0 aromatic carbocycles. The molecule has 2 heterocycles. The number of nitrogens with zero attached hydrogens (tertiary/aromatic N) is 1. The van der Waals surface area contributed by atoms with Crippen LogP contribution < -0.4 is 10.0 Å². The fourth-order valence-electron chi connectivity index (χ4n) is 2.02. The highest BCUT2D eigenvalue weighted by atomic mass is 32.2. The van der Waals surface area contributed by atoms with Crippen molar-refractivity contribution < 1.29 is 13.2 Å². The molecule has 106 valence electrons. The van der Waals surface area contributed by atoms with Crippen LogP contribution in [0.5, 0.6) is 0 Å². The molecule has 6 nitrogen and oxygen atoms in total. The largest absolute Gasteiger partial charge is 0.377 e. The van der Waals surface area contributed by atoms with Crippen LogP contribution in [0.2, 0.25) is 0 Å². The van der Waals surface area contributed by atoms with Crippen molar-refractivity contribution in [2.45, 2.75) is 37.1 Å². The molecule has 2 atom stereocenters. The Morgan fingerprint density at radius 1 is 1.47 bits per heavy atom. The van der Waals surface area contributed by atoms with Gasteiger partial charge in [-0.3, -0.25) is 0 Å². The molecule has 19 heavy (non-hydrogen) atoms. The first-order valence-corrected chi connectivity index (χ1v) is 7.75. The maximum atomic E-state index is 12.2. The zero-order valence-corrected chi connectivity index (χ0v) is 11.9. The average molecular weight is 285 g/mol. The Balaban J connectivity index is 2.10. The maximum absolute atomic E-state index is 12.2. The Morgan fingerprint density at radius 3 is 2.79 bits per heavy atom. The van der Waals surface area contributed by atoms with Gasteiger partial charge in [-0.2, -0.15) is 0 Å². The van der Waals surface area contributed by atoms with Gasteiger partial charge in [0.2, 0.25) is 0 Å². The number of hydrogen-bond acceptors (Lipinski definition) is 5. The summed E-state index contributed by atoms with van der Waals surface area (Å²) >= 11 is 0. The minimum atomic E-state index is -3.57. The fourth-order valence-corrected chi connectivity index (χ4v) is 3.29. The second-order valence-electron chi connectivity index (χ2n) is 4.63. The molecule has 0 bridgehead atoms. The molecule has 1 fully saturated rings. The van der Waals surface area contributed by atoms with Gasteiger partial charge in [0.1, 0.15) is 0 Å². The van der Waals surface area contributed by atoms with Crippen molar-refractivity contribution in [2.24, 2.45) is 0 Å². The standard InChI is InChI=1S/C12H19N3O3S/c1-9-11(5-6-18-9)15-19(16,17)12-4-3-10(7-13-2)8-14-12/h3-4,8-9,11,13,15H,5-7H2,1-2H3. The molecule has 1 aromatic heterocycles. The first kappa shape index (κ1) is 14.4.